The van der Waals surface area contributed by atoms with Crippen LogP contribution in [0.4, 0.5) is 4.79 Å². The lowest BCUT2D eigenvalue weighted by atomic mass is 9.45. The molecule has 2 aliphatic carbocycles. The van der Waals surface area contributed by atoms with Gasteiger partial charge in [-0.1, -0.05) is 60.8 Å². The molecule has 0 aromatic rings. The summed E-state index contributed by atoms with van der Waals surface area (Å²) in [6.45, 7) is 15.8. The Kier molecular flexibility index (Phi) is 7.61. The first-order valence-electron chi connectivity index (χ1n) is 11.4. The van der Waals surface area contributed by atoms with Gasteiger partial charge in [0.2, 0.25) is 0 Å². The van der Waals surface area contributed by atoms with E-state index in [1.807, 2.05) is 0 Å². The van der Waals surface area contributed by atoms with Gasteiger partial charge >= 0.3 is 6.09 Å². The summed E-state index contributed by atoms with van der Waals surface area (Å²) in [5, 5.41) is 2.62. The van der Waals surface area contributed by atoms with E-state index >= 15 is 0 Å². The zero-order chi connectivity index (χ0) is 21.1. The van der Waals surface area contributed by atoms with Crippen LogP contribution in [-0.4, -0.2) is 24.5 Å². The van der Waals surface area contributed by atoms with Crippen LogP contribution in [-0.2, 0) is 9.53 Å². The summed E-state index contributed by atoms with van der Waals surface area (Å²) >= 11 is 0. The van der Waals surface area contributed by atoms with E-state index < -0.39 is 6.09 Å². The van der Waals surface area contributed by atoms with Crippen LogP contribution in [0.3, 0.4) is 0 Å². The summed E-state index contributed by atoms with van der Waals surface area (Å²) in [6, 6.07) is 0. The van der Waals surface area contributed by atoms with E-state index in [9.17, 15) is 9.59 Å². The molecule has 4 nitrogen and oxygen atoms in total. The van der Waals surface area contributed by atoms with Crippen molar-refractivity contribution in [3.8, 4) is 0 Å². The van der Waals surface area contributed by atoms with Crippen LogP contribution in [0.25, 0.3) is 0 Å². The molecule has 0 heterocycles. The summed E-state index contributed by atoms with van der Waals surface area (Å²) in [7, 11) is 0. The van der Waals surface area contributed by atoms with Crippen molar-refractivity contribution in [2.24, 2.45) is 34.5 Å². The van der Waals surface area contributed by atoms with Crippen LogP contribution in [0.5, 0.6) is 0 Å². The molecule has 2 saturated carbocycles. The molecule has 0 unspecified atom stereocenters. The highest BCUT2D eigenvalue weighted by Gasteiger charge is 2.56. The standard InChI is InChI=1S/C24H43NO3/c1-8-16(2)10-11-19-18(4)20(28-22(27)25-15-17(3)26)14-21-23(5,6)12-9-13-24(19,21)7/h16,18-21H,8-15H2,1-7H3,(H,25,27)/t16-,18-,19+,20-,21+,24-/m1/s1. The first-order chi connectivity index (χ1) is 13.0. The quantitative estimate of drug-likeness (QED) is 0.578. The molecule has 1 amide bonds. The Morgan fingerprint density at radius 3 is 2.50 bits per heavy atom. The van der Waals surface area contributed by atoms with Crippen molar-refractivity contribution in [2.45, 2.75) is 99.5 Å². The molecule has 28 heavy (non-hydrogen) atoms. The summed E-state index contributed by atoms with van der Waals surface area (Å²) in [6.07, 6.45) is 7.97. The first-order valence-corrected chi connectivity index (χ1v) is 11.4. The lowest BCUT2D eigenvalue weighted by molar-refractivity contribution is -0.143. The Hall–Kier alpha value is -1.06. The average molecular weight is 394 g/mol. The molecular formula is C24H43NO3. The monoisotopic (exact) mass is 393 g/mol. The van der Waals surface area contributed by atoms with Gasteiger partial charge in [-0.3, -0.25) is 4.79 Å². The summed E-state index contributed by atoms with van der Waals surface area (Å²) < 4.78 is 5.90. The minimum atomic E-state index is -0.440. The zero-order valence-electron chi connectivity index (χ0n) is 19.3. The molecule has 0 aliphatic heterocycles. The molecule has 0 radical (unpaired) electrons. The predicted octanol–water partition coefficient (Wildman–Crippen LogP) is 5.99. The summed E-state index contributed by atoms with van der Waals surface area (Å²) in [4.78, 5) is 23.5. The van der Waals surface area contributed by atoms with E-state index in [1.54, 1.807) is 0 Å². The van der Waals surface area contributed by atoms with Gasteiger partial charge in [0.25, 0.3) is 0 Å². The largest absolute Gasteiger partial charge is 0.446 e. The van der Waals surface area contributed by atoms with Crippen LogP contribution in [0.1, 0.15) is 93.4 Å². The predicted molar refractivity (Wildman–Crippen MR) is 114 cm³/mol. The fraction of sp³-hybridized carbons (Fsp3) is 0.917. The number of nitrogens with one attached hydrogen (secondary N) is 1. The molecule has 162 valence electrons. The van der Waals surface area contributed by atoms with Crippen LogP contribution in [0.15, 0.2) is 0 Å². The molecule has 0 spiro atoms. The Bertz CT molecular complexity index is 558. The number of amides is 1. The third kappa shape index (κ3) is 5.10. The number of ketones is 1. The van der Waals surface area contributed by atoms with Gasteiger partial charge in [-0.25, -0.2) is 4.79 Å². The van der Waals surface area contributed by atoms with Crippen molar-refractivity contribution < 1.29 is 14.3 Å². The Labute approximate surface area is 172 Å². The molecule has 0 bridgehead atoms. The van der Waals surface area contributed by atoms with Crippen LogP contribution in [0.2, 0.25) is 0 Å². The zero-order valence-corrected chi connectivity index (χ0v) is 19.3. The second-order valence-corrected chi connectivity index (χ2v) is 10.7. The smallest absolute Gasteiger partial charge is 0.407 e. The van der Waals surface area contributed by atoms with E-state index in [4.69, 9.17) is 4.74 Å². The maximum absolute atomic E-state index is 12.3. The van der Waals surface area contributed by atoms with Crippen LogP contribution >= 0.6 is 0 Å². The van der Waals surface area contributed by atoms with E-state index in [2.05, 4.69) is 46.9 Å². The molecular weight excluding hydrogens is 350 g/mol. The number of carbonyl (C=O) groups excluding carboxylic acids is 2. The van der Waals surface area contributed by atoms with Gasteiger partial charge in [0, 0.05) is 0 Å². The van der Waals surface area contributed by atoms with Crippen molar-refractivity contribution in [2.75, 3.05) is 6.54 Å². The number of hydrogen-bond acceptors (Lipinski definition) is 3. The molecule has 6 atom stereocenters. The van der Waals surface area contributed by atoms with Crippen LogP contribution in [0, 0.1) is 34.5 Å². The SMILES string of the molecule is CC[C@@H](C)CC[C@H]1[C@@H](C)[C@H](OC(=O)NCC(C)=O)C[C@H]2C(C)(C)CCC[C@]12C. The molecule has 2 fully saturated rings. The fourth-order valence-electron chi connectivity index (χ4n) is 6.30. The molecule has 0 aromatic carbocycles. The highest BCUT2D eigenvalue weighted by molar-refractivity contribution is 5.81. The molecule has 0 saturated heterocycles. The number of fused-ring (bicyclic) bond motifs is 1. The highest BCUT2D eigenvalue weighted by atomic mass is 16.6. The third-order valence-corrected chi connectivity index (χ3v) is 8.22. The van der Waals surface area contributed by atoms with E-state index in [1.165, 1.54) is 45.4 Å². The lowest BCUT2D eigenvalue weighted by Gasteiger charge is -2.60. The third-order valence-electron chi connectivity index (χ3n) is 8.22. The number of rotatable bonds is 7. The summed E-state index contributed by atoms with van der Waals surface area (Å²) in [5.74, 6) is 2.18. The van der Waals surface area contributed by atoms with Gasteiger partial charge in [0.1, 0.15) is 11.9 Å². The number of alkyl carbamates (subject to hydrolysis) is 1. The van der Waals surface area contributed by atoms with Crippen molar-refractivity contribution >= 4 is 11.9 Å². The molecule has 1 N–H and O–H groups in total. The molecule has 0 aromatic heterocycles. The number of carbonyl (C=O) groups is 2. The van der Waals surface area contributed by atoms with Crippen molar-refractivity contribution in [1.29, 1.82) is 0 Å². The second-order valence-electron chi connectivity index (χ2n) is 10.7. The van der Waals surface area contributed by atoms with Gasteiger partial charge in [0.05, 0.1) is 6.54 Å². The fourth-order valence-corrected chi connectivity index (χ4v) is 6.30. The van der Waals surface area contributed by atoms with Gasteiger partial charge in [-0.15, -0.1) is 0 Å². The van der Waals surface area contributed by atoms with Gasteiger partial charge in [-0.2, -0.15) is 0 Å². The number of hydrogen-bond donors (Lipinski definition) is 1. The van der Waals surface area contributed by atoms with Crippen molar-refractivity contribution in [3.05, 3.63) is 0 Å². The van der Waals surface area contributed by atoms with E-state index in [0.717, 1.165) is 12.3 Å². The average Bonchev–Trinajstić information content (AvgIpc) is 2.60. The normalized spacial score (nSPS) is 35.5. The maximum Gasteiger partial charge on any atom is 0.407 e. The minimum absolute atomic E-state index is 0.0456. The van der Waals surface area contributed by atoms with Crippen molar-refractivity contribution in [3.63, 3.8) is 0 Å². The summed E-state index contributed by atoms with van der Waals surface area (Å²) in [5.41, 5.74) is 0.601. The van der Waals surface area contributed by atoms with Crippen LogP contribution < -0.4 is 5.32 Å². The second kappa shape index (κ2) is 9.17. The molecule has 2 rings (SSSR count). The number of Topliss-reactive ketones (excluding diaryl/α,β-unsaturated/α-hetero) is 1. The van der Waals surface area contributed by atoms with Gasteiger partial charge in [0.15, 0.2) is 0 Å². The highest BCUT2D eigenvalue weighted by Crippen LogP contribution is 2.62. The first kappa shape index (κ1) is 23.2. The Balaban J connectivity index is 2.21. The van der Waals surface area contributed by atoms with E-state index in [0.29, 0.717) is 23.2 Å². The van der Waals surface area contributed by atoms with Gasteiger partial charge in [-0.05, 0) is 67.1 Å². The lowest BCUT2D eigenvalue weighted by Crippen LogP contribution is -2.56. The molecule has 2 aliphatic rings. The Morgan fingerprint density at radius 2 is 1.89 bits per heavy atom. The topological polar surface area (TPSA) is 55.4 Å². The maximum atomic E-state index is 12.3. The minimum Gasteiger partial charge on any atom is -0.446 e. The van der Waals surface area contributed by atoms with Gasteiger partial charge < -0.3 is 10.1 Å². The molecule has 4 heteroatoms. The number of ether oxygens (including phenoxy) is 1. The van der Waals surface area contributed by atoms with Crippen molar-refractivity contribution in [1.82, 2.24) is 5.32 Å². The van der Waals surface area contributed by atoms with E-state index in [-0.39, 0.29) is 23.8 Å². The Morgan fingerprint density at radius 1 is 1.21 bits per heavy atom.